The van der Waals surface area contributed by atoms with Gasteiger partial charge in [0.1, 0.15) is 12.7 Å². The molecule has 394 valence electrons. The molecular weight excluding hydrogens is 902 g/mol. The molecule has 0 saturated carbocycles. The highest BCUT2D eigenvalue weighted by Gasteiger charge is 2.28. The second-order valence-corrected chi connectivity index (χ2v) is 18.4. The molecule has 0 rings (SSSR count). The number of phosphoric acid groups is 1. The lowest BCUT2D eigenvalue weighted by molar-refractivity contribution is -0.147. The minimum absolute atomic E-state index is 0.121. The first kappa shape index (κ1) is 65.6. The molecule has 3 atom stereocenters. The van der Waals surface area contributed by atoms with Crippen molar-refractivity contribution in [1.82, 2.24) is 5.32 Å². The van der Waals surface area contributed by atoms with Gasteiger partial charge in [0.15, 0.2) is 6.04 Å². The van der Waals surface area contributed by atoms with E-state index in [-0.39, 0.29) is 12.8 Å². The molecule has 70 heavy (non-hydrogen) atoms. The quantitative estimate of drug-likeness (QED) is 0.0199. The third kappa shape index (κ3) is 50.0. The van der Waals surface area contributed by atoms with Gasteiger partial charge in [0.2, 0.25) is 5.91 Å². The van der Waals surface area contributed by atoms with E-state index in [0.29, 0.717) is 19.3 Å². The first-order valence-corrected chi connectivity index (χ1v) is 27.7. The van der Waals surface area contributed by atoms with Crippen LogP contribution >= 0.6 is 7.82 Å². The molecule has 0 aliphatic heterocycles. The lowest BCUT2D eigenvalue weighted by Gasteiger charge is -2.18. The lowest BCUT2D eigenvalue weighted by Crippen LogP contribution is -2.43. The summed E-state index contributed by atoms with van der Waals surface area (Å²) in [5.74, 6) is -2.47. The molecule has 0 aromatic heterocycles. The largest absolute Gasteiger partial charge is 0.480 e. The Morgan fingerprint density at radius 3 is 1.27 bits per heavy atom. The number of rotatable bonds is 47. The van der Waals surface area contributed by atoms with Gasteiger partial charge in [-0.2, -0.15) is 0 Å². The average Bonchev–Trinajstić information content (AvgIpc) is 3.34. The van der Waals surface area contributed by atoms with Gasteiger partial charge in [-0.15, -0.1) is 0 Å². The Morgan fingerprint density at radius 2 is 0.843 bits per heavy atom. The molecule has 0 bridgehead atoms. The van der Waals surface area contributed by atoms with Gasteiger partial charge in [-0.3, -0.25) is 18.6 Å². The van der Waals surface area contributed by atoms with Gasteiger partial charge in [-0.1, -0.05) is 192 Å². The van der Waals surface area contributed by atoms with Crippen LogP contribution in [0, 0.1) is 0 Å². The highest BCUT2D eigenvalue weighted by Crippen LogP contribution is 2.43. The maximum absolute atomic E-state index is 12.4. The molecule has 0 saturated heterocycles. The molecule has 0 radical (unpaired) electrons. The summed E-state index contributed by atoms with van der Waals surface area (Å²) in [5.41, 5.74) is 0. The summed E-state index contributed by atoms with van der Waals surface area (Å²) in [6.45, 7) is 2.38. The van der Waals surface area contributed by atoms with Crippen LogP contribution in [0.3, 0.4) is 0 Å². The lowest BCUT2D eigenvalue weighted by atomic mass is 10.1. The Bertz CT molecular complexity index is 1690. The fraction of sp³-hybridized carbons (Fsp3) is 0.569. The number of hydrogen-bond acceptors (Lipinski definition) is 8. The normalized spacial score (nSPS) is 14.6. The molecule has 0 aliphatic carbocycles. The molecule has 0 spiro atoms. The third-order valence-corrected chi connectivity index (χ3v) is 11.4. The van der Waals surface area contributed by atoms with E-state index in [0.717, 1.165) is 109 Å². The molecule has 0 aromatic carbocycles. The number of aliphatic carboxylic acids is 1. The number of esters is 1. The number of hydrogen-bond donors (Lipinski definition) is 4. The van der Waals surface area contributed by atoms with Gasteiger partial charge in [-0.25, -0.2) is 9.36 Å². The van der Waals surface area contributed by atoms with Crippen molar-refractivity contribution in [1.29, 1.82) is 0 Å². The summed E-state index contributed by atoms with van der Waals surface area (Å²) in [6.07, 6.45) is 70.4. The van der Waals surface area contributed by atoms with Crippen LogP contribution in [0.2, 0.25) is 0 Å². The number of ether oxygens (including phenoxy) is 1. The Balaban J connectivity index is 3.97. The zero-order chi connectivity index (χ0) is 51.3. The predicted molar refractivity (Wildman–Crippen MR) is 290 cm³/mol. The van der Waals surface area contributed by atoms with Crippen LogP contribution in [0.1, 0.15) is 181 Å². The van der Waals surface area contributed by atoms with Crippen molar-refractivity contribution < 1.29 is 47.8 Å². The topological polar surface area (TPSA) is 169 Å². The van der Waals surface area contributed by atoms with Crippen LogP contribution in [0.4, 0.5) is 0 Å². The molecule has 0 heterocycles. The van der Waals surface area contributed by atoms with Crippen molar-refractivity contribution in [2.45, 2.75) is 193 Å². The summed E-state index contributed by atoms with van der Waals surface area (Å²) >= 11 is 0. The standard InChI is InChI=1S/C58H92NO10P/c1-3-5-7-9-11-13-15-17-19-21-23-25-27-29-31-33-35-37-39-41-43-45-47-49-56(61)59-55(58(63)64)53-69-70(65,66)68-52-54(60)51-67-57(62)50-48-46-44-42-40-38-36-34-32-30-28-26-24-22-20-18-16-14-12-10-8-6-4-2/h6,8,11-14,17-20,23-26,29-32,36,38,42,44,54-55,60H,3-5,7,9-10,15-16,21-22,27-28,33-35,37,39-41,43,45-53H2,1-2H3,(H,59,61)(H,63,64)(H,65,66)/b8-6-,13-11-,14-12-,19-17-,20-18-,25-23-,26-24-,31-29-,32-30-,38-36-,44-42-. The number of carboxylic acid groups (broad SMARTS) is 1. The fourth-order valence-corrected chi connectivity index (χ4v) is 7.18. The monoisotopic (exact) mass is 994 g/mol. The van der Waals surface area contributed by atoms with Crippen molar-refractivity contribution in [2.24, 2.45) is 0 Å². The van der Waals surface area contributed by atoms with Crippen molar-refractivity contribution in [3.63, 3.8) is 0 Å². The predicted octanol–water partition coefficient (Wildman–Crippen LogP) is 14.9. The van der Waals surface area contributed by atoms with Crippen LogP contribution in [-0.2, 0) is 32.7 Å². The van der Waals surface area contributed by atoms with E-state index in [2.05, 4.69) is 141 Å². The van der Waals surface area contributed by atoms with E-state index in [1.807, 2.05) is 12.2 Å². The van der Waals surface area contributed by atoms with E-state index in [1.165, 1.54) is 25.7 Å². The molecule has 0 aromatic rings. The summed E-state index contributed by atoms with van der Waals surface area (Å²) in [6, 6.07) is -1.57. The highest BCUT2D eigenvalue weighted by atomic mass is 31.2. The minimum atomic E-state index is -4.79. The van der Waals surface area contributed by atoms with Crippen LogP contribution in [0.5, 0.6) is 0 Å². The maximum Gasteiger partial charge on any atom is 0.472 e. The van der Waals surface area contributed by atoms with Crippen LogP contribution in [-0.4, -0.2) is 64.9 Å². The molecule has 0 aliphatic rings. The number of aliphatic hydroxyl groups is 1. The Kier molecular flexibility index (Phi) is 47.8. The van der Waals surface area contributed by atoms with Gasteiger partial charge in [0, 0.05) is 12.8 Å². The number of amides is 1. The van der Waals surface area contributed by atoms with Gasteiger partial charge >= 0.3 is 19.8 Å². The van der Waals surface area contributed by atoms with E-state index in [1.54, 1.807) is 0 Å². The highest BCUT2D eigenvalue weighted by molar-refractivity contribution is 7.47. The first-order chi connectivity index (χ1) is 34.1. The molecule has 11 nitrogen and oxygen atoms in total. The van der Waals surface area contributed by atoms with Crippen molar-refractivity contribution in [3.05, 3.63) is 134 Å². The van der Waals surface area contributed by atoms with Crippen molar-refractivity contribution >= 4 is 25.7 Å². The van der Waals surface area contributed by atoms with Gasteiger partial charge < -0.3 is 25.2 Å². The number of carbonyl (C=O) groups excluding carboxylic acids is 2. The SMILES string of the molecule is CC/C=C\C/C=C\C/C=C\C/C=C\C/C=C\C/C=C\C/C=C\CCCC(=O)OCC(O)COP(=O)(O)OCC(NC(=O)CCCCCCCCC/C=C\C/C=C\C/C=C\C/C=C\CCCCC)C(=O)O. The smallest absolute Gasteiger partial charge is 0.472 e. The summed E-state index contributed by atoms with van der Waals surface area (Å²) in [4.78, 5) is 46.2. The molecule has 4 N–H and O–H groups in total. The molecular formula is C58H92NO10P. The molecule has 1 amide bonds. The number of nitrogens with one attached hydrogen (secondary N) is 1. The fourth-order valence-electron chi connectivity index (χ4n) is 6.40. The van der Waals surface area contributed by atoms with E-state index in [4.69, 9.17) is 13.8 Å². The zero-order valence-electron chi connectivity index (χ0n) is 43.0. The van der Waals surface area contributed by atoms with Gasteiger partial charge in [0.05, 0.1) is 13.2 Å². The Hall–Kier alpha value is -4.38. The zero-order valence-corrected chi connectivity index (χ0v) is 43.9. The minimum Gasteiger partial charge on any atom is -0.480 e. The number of allylic oxidation sites excluding steroid dienone is 22. The number of aliphatic hydroxyl groups excluding tert-OH is 1. The van der Waals surface area contributed by atoms with Crippen LogP contribution in [0.25, 0.3) is 0 Å². The first-order valence-electron chi connectivity index (χ1n) is 26.2. The third-order valence-electron chi connectivity index (χ3n) is 10.4. The number of unbranched alkanes of at least 4 members (excludes halogenated alkanes) is 11. The van der Waals surface area contributed by atoms with E-state index < -0.39 is 57.6 Å². The second kappa shape index (κ2) is 51.0. The second-order valence-electron chi connectivity index (χ2n) is 17.0. The van der Waals surface area contributed by atoms with E-state index >= 15 is 0 Å². The van der Waals surface area contributed by atoms with Crippen LogP contribution < -0.4 is 5.32 Å². The number of carboxylic acids is 1. The summed E-state index contributed by atoms with van der Waals surface area (Å²) < 4.78 is 26.9. The molecule has 0 fully saturated rings. The van der Waals surface area contributed by atoms with Crippen LogP contribution in [0.15, 0.2) is 134 Å². The maximum atomic E-state index is 12.4. The summed E-state index contributed by atoms with van der Waals surface area (Å²) in [5, 5.41) is 21.9. The molecule has 12 heteroatoms. The number of carbonyl (C=O) groups is 3. The van der Waals surface area contributed by atoms with Gasteiger partial charge in [0.25, 0.3) is 0 Å². The summed E-state index contributed by atoms with van der Waals surface area (Å²) in [7, 11) is -4.79. The van der Waals surface area contributed by atoms with Crippen molar-refractivity contribution in [2.75, 3.05) is 19.8 Å². The Labute approximate surface area is 423 Å². The molecule has 3 unspecified atom stereocenters. The van der Waals surface area contributed by atoms with Gasteiger partial charge in [-0.05, 0) is 109 Å². The number of phosphoric ester groups is 1. The average molecular weight is 994 g/mol. The van der Waals surface area contributed by atoms with E-state index in [9.17, 15) is 34.1 Å². The van der Waals surface area contributed by atoms with Crippen molar-refractivity contribution in [3.8, 4) is 0 Å². The Morgan fingerprint density at radius 1 is 0.471 bits per heavy atom.